The van der Waals surface area contributed by atoms with Gasteiger partial charge in [-0.1, -0.05) is 12.1 Å². The number of fused-ring (bicyclic) bond motifs is 4. The minimum absolute atomic E-state index is 0.0427. The van der Waals surface area contributed by atoms with E-state index < -0.39 is 5.41 Å². The maximum atomic E-state index is 13.2. The number of benzene rings is 1. The number of aliphatic hydroxyl groups is 1. The van der Waals surface area contributed by atoms with Gasteiger partial charge in [0.15, 0.2) is 0 Å². The van der Waals surface area contributed by atoms with E-state index in [1.165, 1.54) is 5.56 Å². The van der Waals surface area contributed by atoms with Gasteiger partial charge in [0.2, 0.25) is 11.8 Å². The molecule has 3 aliphatic heterocycles. The molecule has 0 unspecified atom stereocenters. The van der Waals surface area contributed by atoms with E-state index in [0.29, 0.717) is 18.9 Å². The lowest BCUT2D eigenvalue weighted by atomic mass is 9.70. The summed E-state index contributed by atoms with van der Waals surface area (Å²) in [5.41, 5.74) is 0.656. The van der Waals surface area contributed by atoms with Gasteiger partial charge in [0.25, 0.3) is 0 Å². The summed E-state index contributed by atoms with van der Waals surface area (Å²) in [7, 11) is 1.67. The van der Waals surface area contributed by atoms with Crippen LogP contribution in [0.15, 0.2) is 24.3 Å². The Morgan fingerprint density at radius 1 is 1.27 bits per heavy atom. The lowest BCUT2D eigenvalue weighted by Crippen LogP contribution is -2.66. The SMILES string of the molecule is COc1cccc(C[C@H]2[C@H]3C[C@H](CN(C(=O)C4(CO)CC4)C3)[C@@H]3CCCC(=O)N32)c1. The van der Waals surface area contributed by atoms with Crippen LogP contribution in [0.3, 0.4) is 0 Å². The standard InChI is InChI=1S/C24H32N2O4/c1-30-19-5-2-4-16(10-19)11-21-18-12-17(20-6-3-7-22(28)26(20)21)13-25(14-18)23(29)24(15-27)8-9-24/h2,4-5,10,17-18,20-21,27H,3,6-9,11-15H2,1H3/t17-,18+,20+,21+/m1/s1. The van der Waals surface area contributed by atoms with Gasteiger partial charge in [-0.3, -0.25) is 9.59 Å². The first-order chi connectivity index (χ1) is 14.5. The molecule has 2 amide bonds. The summed E-state index contributed by atoms with van der Waals surface area (Å²) in [4.78, 5) is 30.4. The van der Waals surface area contributed by atoms with E-state index in [9.17, 15) is 14.7 Å². The second-order valence-corrected chi connectivity index (χ2v) is 9.79. The smallest absolute Gasteiger partial charge is 0.231 e. The van der Waals surface area contributed by atoms with Gasteiger partial charge in [0, 0.05) is 31.6 Å². The van der Waals surface area contributed by atoms with Crippen LogP contribution in [0.2, 0.25) is 0 Å². The number of carbonyl (C=O) groups is 2. The maximum absolute atomic E-state index is 13.2. The van der Waals surface area contributed by atoms with Gasteiger partial charge in [-0.2, -0.15) is 0 Å². The average molecular weight is 413 g/mol. The van der Waals surface area contributed by atoms with Crippen molar-refractivity contribution in [1.82, 2.24) is 9.80 Å². The van der Waals surface area contributed by atoms with Crippen molar-refractivity contribution in [2.75, 3.05) is 26.8 Å². The molecule has 6 heteroatoms. The normalized spacial score (nSPS) is 31.9. The molecule has 1 N–H and O–H groups in total. The molecule has 30 heavy (non-hydrogen) atoms. The van der Waals surface area contributed by atoms with Crippen LogP contribution < -0.4 is 4.74 Å². The zero-order chi connectivity index (χ0) is 20.9. The predicted octanol–water partition coefficient (Wildman–Crippen LogP) is 2.24. The average Bonchev–Trinajstić information content (AvgIpc) is 3.57. The zero-order valence-electron chi connectivity index (χ0n) is 17.8. The monoisotopic (exact) mass is 412 g/mol. The van der Waals surface area contributed by atoms with E-state index in [-0.39, 0.29) is 36.4 Å². The van der Waals surface area contributed by atoms with E-state index in [1.54, 1.807) is 7.11 Å². The first-order valence-corrected chi connectivity index (χ1v) is 11.4. The molecule has 4 atom stereocenters. The van der Waals surface area contributed by atoms with E-state index in [4.69, 9.17) is 4.74 Å². The lowest BCUT2D eigenvalue weighted by Gasteiger charge is -2.57. The number of piperidine rings is 3. The minimum atomic E-state index is -0.518. The Balaban J connectivity index is 1.43. The summed E-state index contributed by atoms with van der Waals surface area (Å²) in [5.74, 6) is 1.89. The van der Waals surface area contributed by atoms with Crippen molar-refractivity contribution >= 4 is 11.8 Å². The number of nitrogens with zero attached hydrogens (tertiary/aromatic N) is 2. The predicted molar refractivity (Wildman–Crippen MR) is 112 cm³/mol. The van der Waals surface area contributed by atoms with Gasteiger partial charge in [-0.25, -0.2) is 0 Å². The highest BCUT2D eigenvalue weighted by atomic mass is 16.5. The van der Waals surface area contributed by atoms with Gasteiger partial charge in [0.1, 0.15) is 5.75 Å². The van der Waals surface area contributed by atoms with E-state index >= 15 is 0 Å². The van der Waals surface area contributed by atoms with Gasteiger partial charge >= 0.3 is 0 Å². The molecule has 162 valence electrons. The number of carbonyl (C=O) groups excluding carboxylic acids is 2. The third-order valence-electron chi connectivity index (χ3n) is 7.97. The van der Waals surface area contributed by atoms with Crippen LogP contribution in [-0.4, -0.2) is 65.6 Å². The number of hydrogen-bond donors (Lipinski definition) is 1. The number of likely N-dealkylation sites (tertiary alicyclic amines) is 1. The molecule has 0 radical (unpaired) electrons. The molecule has 1 saturated carbocycles. The molecule has 6 nitrogen and oxygen atoms in total. The number of hydrogen-bond acceptors (Lipinski definition) is 4. The summed E-state index contributed by atoms with van der Waals surface area (Å²) in [6.07, 6.45) is 6.10. The molecule has 0 aromatic heterocycles. The molecule has 0 spiro atoms. The van der Waals surface area contributed by atoms with Gasteiger partial charge in [0.05, 0.1) is 19.1 Å². The molecule has 3 heterocycles. The second kappa shape index (κ2) is 7.56. The molecule has 4 aliphatic rings. The first-order valence-electron chi connectivity index (χ1n) is 11.4. The summed E-state index contributed by atoms with van der Waals surface area (Å²) in [5, 5.41) is 9.77. The Labute approximate surface area is 178 Å². The van der Waals surface area contributed by atoms with E-state index in [2.05, 4.69) is 17.0 Å². The van der Waals surface area contributed by atoms with Crippen LogP contribution in [0.1, 0.15) is 44.1 Å². The van der Waals surface area contributed by atoms with Crippen molar-refractivity contribution < 1.29 is 19.4 Å². The van der Waals surface area contributed by atoms with Gasteiger partial charge in [-0.15, -0.1) is 0 Å². The molecule has 1 aromatic carbocycles. The van der Waals surface area contributed by atoms with Crippen LogP contribution in [0.5, 0.6) is 5.75 Å². The topological polar surface area (TPSA) is 70.1 Å². The molecule has 1 aromatic rings. The summed E-state index contributed by atoms with van der Waals surface area (Å²) in [6, 6.07) is 8.47. The van der Waals surface area contributed by atoms with E-state index in [0.717, 1.165) is 50.8 Å². The highest BCUT2D eigenvalue weighted by Crippen LogP contribution is 2.49. The van der Waals surface area contributed by atoms with Crippen molar-refractivity contribution in [1.29, 1.82) is 0 Å². The maximum Gasteiger partial charge on any atom is 0.231 e. The molecule has 3 saturated heterocycles. The highest BCUT2D eigenvalue weighted by molar-refractivity contribution is 5.86. The Kier molecular flexibility index (Phi) is 5.00. The van der Waals surface area contributed by atoms with Crippen LogP contribution in [0.25, 0.3) is 0 Å². The number of aliphatic hydroxyl groups excluding tert-OH is 1. The second-order valence-electron chi connectivity index (χ2n) is 9.79. The fraction of sp³-hybridized carbons (Fsp3) is 0.667. The largest absolute Gasteiger partial charge is 0.497 e. The van der Waals surface area contributed by atoms with Crippen LogP contribution in [0, 0.1) is 17.3 Å². The zero-order valence-corrected chi connectivity index (χ0v) is 17.8. The molecule has 4 fully saturated rings. The molecular formula is C24H32N2O4. The van der Waals surface area contributed by atoms with Crippen molar-refractivity contribution in [3.8, 4) is 5.75 Å². The number of amides is 2. The number of rotatable bonds is 5. The minimum Gasteiger partial charge on any atom is -0.497 e. The molecule has 1 aliphatic carbocycles. The van der Waals surface area contributed by atoms with E-state index in [1.807, 2.05) is 17.0 Å². The van der Waals surface area contributed by atoms with Crippen molar-refractivity contribution in [3.63, 3.8) is 0 Å². The van der Waals surface area contributed by atoms with Crippen molar-refractivity contribution in [2.45, 2.75) is 57.0 Å². The third kappa shape index (κ3) is 3.29. The Hall–Kier alpha value is -2.08. The van der Waals surface area contributed by atoms with Gasteiger partial charge < -0.3 is 19.6 Å². The molecule has 5 rings (SSSR count). The third-order valence-corrected chi connectivity index (χ3v) is 7.97. The molecule has 2 bridgehead atoms. The lowest BCUT2D eigenvalue weighted by molar-refractivity contribution is -0.158. The Morgan fingerprint density at radius 3 is 2.80 bits per heavy atom. The van der Waals surface area contributed by atoms with Crippen molar-refractivity contribution in [2.24, 2.45) is 17.3 Å². The number of ether oxygens (including phenoxy) is 1. The Bertz CT molecular complexity index is 836. The van der Waals surface area contributed by atoms with Crippen LogP contribution >= 0.6 is 0 Å². The summed E-state index contributed by atoms with van der Waals surface area (Å²) < 4.78 is 5.40. The number of methoxy groups -OCH3 is 1. The summed E-state index contributed by atoms with van der Waals surface area (Å²) >= 11 is 0. The van der Waals surface area contributed by atoms with Gasteiger partial charge in [-0.05, 0) is 68.1 Å². The van der Waals surface area contributed by atoms with Crippen LogP contribution in [-0.2, 0) is 16.0 Å². The first kappa shape index (κ1) is 19.9. The highest BCUT2D eigenvalue weighted by Gasteiger charge is 2.55. The molecular weight excluding hydrogens is 380 g/mol. The van der Waals surface area contributed by atoms with Crippen LogP contribution in [0.4, 0.5) is 0 Å². The quantitative estimate of drug-likeness (QED) is 0.805. The summed E-state index contributed by atoms with van der Waals surface area (Å²) in [6.45, 7) is 1.39. The van der Waals surface area contributed by atoms with Crippen molar-refractivity contribution in [3.05, 3.63) is 29.8 Å². The Morgan fingerprint density at radius 2 is 2.07 bits per heavy atom. The fourth-order valence-corrected chi connectivity index (χ4v) is 6.17. The fourth-order valence-electron chi connectivity index (χ4n) is 6.17.